The molecule has 0 radical (unpaired) electrons. The first-order valence-electron chi connectivity index (χ1n) is 7.82. The van der Waals surface area contributed by atoms with Gasteiger partial charge in [-0.1, -0.05) is 0 Å². The van der Waals surface area contributed by atoms with Gasteiger partial charge in [0.05, 0.1) is 5.56 Å². The minimum Gasteiger partial charge on any atom is -0.478 e. The van der Waals surface area contributed by atoms with Crippen molar-refractivity contribution in [2.24, 2.45) is 0 Å². The number of nitrogens with zero attached hydrogens (tertiary/aromatic N) is 1. The number of rotatable bonds is 3. The zero-order valence-electron chi connectivity index (χ0n) is 13.8. The van der Waals surface area contributed by atoms with Crippen LogP contribution in [0.5, 0.6) is 0 Å². The van der Waals surface area contributed by atoms with Gasteiger partial charge in [-0.3, -0.25) is 0 Å². The number of benzene rings is 1. The van der Waals surface area contributed by atoms with E-state index in [9.17, 15) is 9.59 Å². The third kappa shape index (κ3) is 5.16. The largest absolute Gasteiger partial charge is 0.478 e. The van der Waals surface area contributed by atoms with Crippen LogP contribution in [0, 0.1) is 0 Å². The Morgan fingerprint density at radius 1 is 1.26 bits per heavy atom. The lowest BCUT2D eigenvalue weighted by molar-refractivity contribution is 0.0499. The molecule has 0 unspecified atom stereocenters. The molecule has 0 spiro atoms. The maximum atomic E-state index is 11.9. The molecule has 6 nitrogen and oxygen atoms in total. The van der Waals surface area contributed by atoms with Crippen LogP contribution in [0.25, 0.3) is 0 Å². The van der Waals surface area contributed by atoms with E-state index in [0.29, 0.717) is 6.54 Å². The summed E-state index contributed by atoms with van der Waals surface area (Å²) >= 11 is 0. The second kappa shape index (κ2) is 6.89. The summed E-state index contributed by atoms with van der Waals surface area (Å²) in [6, 6.07) is 6.83. The Kier molecular flexibility index (Phi) is 5.13. The number of hydrogen-bond donors (Lipinski definition) is 2. The van der Waals surface area contributed by atoms with Gasteiger partial charge in [-0.05, 0) is 57.9 Å². The lowest BCUT2D eigenvalue weighted by Gasteiger charge is -2.35. The molecule has 0 saturated carbocycles. The van der Waals surface area contributed by atoms with Crippen LogP contribution >= 0.6 is 0 Å². The number of ether oxygens (including phenoxy) is 1. The molecule has 126 valence electrons. The number of hydrogen-bond acceptors (Lipinski definition) is 4. The van der Waals surface area contributed by atoms with E-state index in [1.165, 1.54) is 0 Å². The van der Waals surface area contributed by atoms with E-state index in [-0.39, 0.29) is 11.6 Å². The van der Waals surface area contributed by atoms with E-state index in [2.05, 4.69) is 10.2 Å². The highest BCUT2D eigenvalue weighted by molar-refractivity contribution is 5.88. The van der Waals surface area contributed by atoms with Crippen LogP contribution < -0.4 is 10.2 Å². The zero-order valence-corrected chi connectivity index (χ0v) is 13.8. The topological polar surface area (TPSA) is 78.9 Å². The number of amides is 1. The molecule has 2 rings (SSSR count). The molecule has 23 heavy (non-hydrogen) atoms. The normalized spacial score (nSPS) is 18.4. The fourth-order valence-electron chi connectivity index (χ4n) is 2.62. The molecule has 0 bridgehead atoms. The van der Waals surface area contributed by atoms with Crippen LogP contribution in [0.1, 0.15) is 44.0 Å². The van der Waals surface area contributed by atoms with Gasteiger partial charge >= 0.3 is 12.1 Å². The number of carboxylic acids is 1. The molecule has 0 aromatic heterocycles. The van der Waals surface area contributed by atoms with Crippen LogP contribution in [0.15, 0.2) is 24.3 Å². The van der Waals surface area contributed by atoms with Gasteiger partial charge in [0.15, 0.2) is 0 Å². The summed E-state index contributed by atoms with van der Waals surface area (Å²) < 4.78 is 5.29. The molecule has 6 heteroatoms. The highest BCUT2D eigenvalue weighted by atomic mass is 16.6. The summed E-state index contributed by atoms with van der Waals surface area (Å²) in [6.07, 6.45) is 1.47. The quantitative estimate of drug-likeness (QED) is 0.895. The first-order valence-corrected chi connectivity index (χ1v) is 7.82. The van der Waals surface area contributed by atoms with E-state index in [1.807, 2.05) is 20.8 Å². The van der Waals surface area contributed by atoms with Crippen molar-refractivity contribution in [2.75, 3.05) is 18.0 Å². The summed E-state index contributed by atoms with van der Waals surface area (Å²) in [6.45, 7) is 7.09. The predicted molar refractivity (Wildman–Crippen MR) is 88.0 cm³/mol. The van der Waals surface area contributed by atoms with E-state index in [0.717, 1.165) is 25.1 Å². The maximum Gasteiger partial charge on any atom is 0.407 e. The highest BCUT2D eigenvalue weighted by Gasteiger charge is 2.24. The molecule has 1 amide bonds. The molecule has 1 aliphatic heterocycles. The molecule has 2 N–H and O–H groups in total. The Morgan fingerprint density at radius 2 is 1.91 bits per heavy atom. The first kappa shape index (κ1) is 17.1. The van der Waals surface area contributed by atoms with Crippen molar-refractivity contribution in [3.63, 3.8) is 0 Å². The summed E-state index contributed by atoms with van der Waals surface area (Å²) in [5.41, 5.74) is 0.727. The molecule has 1 heterocycles. The van der Waals surface area contributed by atoms with Gasteiger partial charge in [0.25, 0.3) is 0 Å². The van der Waals surface area contributed by atoms with E-state index in [1.54, 1.807) is 24.3 Å². The van der Waals surface area contributed by atoms with Crippen molar-refractivity contribution in [1.82, 2.24) is 5.32 Å². The molecule has 1 aromatic rings. The molecule has 1 fully saturated rings. The summed E-state index contributed by atoms with van der Waals surface area (Å²) in [4.78, 5) is 24.9. The summed E-state index contributed by atoms with van der Waals surface area (Å²) in [5.74, 6) is -0.931. The van der Waals surface area contributed by atoms with Crippen LogP contribution in [-0.4, -0.2) is 41.9 Å². The number of carbonyl (C=O) groups is 2. The van der Waals surface area contributed by atoms with Gasteiger partial charge in [0.2, 0.25) is 0 Å². The number of carboxylic acid groups (broad SMARTS) is 1. The monoisotopic (exact) mass is 320 g/mol. The number of nitrogens with one attached hydrogen (secondary N) is 1. The van der Waals surface area contributed by atoms with Crippen molar-refractivity contribution >= 4 is 17.7 Å². The van der Waals surface area contributed by atoms with Crippen molar-refractivity contribution < 1.29 is 19.4 Å². The van der Waals surface area contributed by atoms with Crippen molar-refractivity contribution in [1.29, 1.82) is 0 Å². The van der Waals surface area contributed by atoms with E-state index >= 15 is 0 Å². The van der Waals surface area contributed by atoms with Crippen molar-refractivity contribution in [3.8, 4) is 0 Å². The molecular weight excluding hydrogens is 296 g/mol. The standard InChI is InChI=1S/C17H24N2O4/c1-17(2,3)23-16(22)18-13-5-4-10-19(11-13)14-8-6-12(7-9-14)15(20)21/h6-9,13H,4-5,10-11H2,1-3H3,(H,18,22)(H,20,21)/t13-/m0/s1. The Bertz CT molecular complexity index is 563. The number of piperidine rings is 1. The first-order chi connectivity index (χ1) is 10.7. The van der Waals surface area contributed by atoms with Gasteiger partial charge in [-0.25, -0.2) is 9.59 Å². The lowest BCUT2D eigenvalue weighted by Crippen LogP contribution is -2.49. The van der Waals surface area contributed by atoms with Gasteiger partial charge in [-0.2, -0.15) is 0 Å². The van der Waals surface area contributed by atoms with Gasteiger partial charge in [-0.15, -0.1) is 0 Å². The Balaban J connectivity index is 1.95. The van der Waals surface area contributed by atoms with Gasteiger partial charge in [0, 0.05) is 24.8 Å². The third-order valence-electron chi connectivity index (χ3n) is 3.62. The average Bonchev–Trinajstić information content (AvgIpc) is 2.45. The minimum atomic E-state index is -0.931. The van der Waals surface area contributed by atoms with Crippen molar-refractivity contribution in [2.45, 2.75) is 45.3 Å². The Labute approximate surface area is 136 Å². The molecule has 0 aliphatic carbocycles. The summed E-state index contributed by atoms with van der Waals surface area (Å²) in [5, 5.41) is 11.9. The van der Waals surface area contributed by atoms with Crippen LogP contribution in [0.2, 0.25) is 0 Å². The molecule has 1 aliphatic rings. The second-order valence-corrected chi connectivity index (χ2v) is 6.78. The number of aromatic carboxylic acids is 1. The highest BCUT2D eigenvalue weighted by Crippen LogP contribution is 2.21. The zero-order chi connectivity index (χ0) is 17.0. The maximum absolute atomic E-state index is 11.9. The molecule has 1 aromatic carbocycles. The van der Waals surface area contributed by atoms with Crippen molar-refractivity contribution in [3.05, 3.63) is 29.8 Å². The molecule has 1 saturated heterocycles. The van der Waals surface area contributed by atoms with E-state index in [4.69, 9.17) is 9.84 Å². The number of carbonyl (C=O) groups excluding carboxylic acids is 1. The van der Waals surface area contributed by atoms with Gasteiger partial charge < -0.3 is 20.1 Å². The Hall–Kier alpha value is -2.24. The van der Waals surface area contributed by atoms with Crippen LogP contribution in [0.4, 0.5) is 10.5 Å². The predicted octanol–water partition coefficient (Wildman–Crippen LogP) is 2.88. The fourth-order valence-corrected chi connectivity index (χ4v) is 2.62. The van der Waals surface area contributed by atoms with E-state index < -0.39 is 17.7 Å². The smallest absolute Gasteiger partial charge is 0.407 e. The SMILES string of the molecule is CC(C)(C)OC(=O)N[C@H]1CCCN(c2ccc(C(=O)O)cc2)C1. The van der Waals surface area contributed by atoms with Crippen LogP contribution in [-0.2, 0) is 4.74 Å². The second-order valence-electron chi connectivity index (χ2n) is 6.78. The summed E-state index contributed by atoms with van der Waals surface area (Å²) in [7, 11) is 0. The minimum absolute atomic E-state index is 0.0257. The third-order valence-corrected chi connectivity index (χ3v) is 3.62. The lowest BCUT2D eigenvalue weighted by atomic mass is 10.0. The van der Waals surface area contributed by atoms with Gasteiger partial charge in [0.1, 0.15) is 5.60 Å². The molecule has 1 atom stereocenters. The molecular formula is C17H24N2O4. The van der Waals surface area contributed by atoms with Crippen LogP contribution in [0.3, 0.4) is 0 Å². The number of alkyl carbamates (subject to hydrolysis) is 1. The number of anilines is 1. The Morgan fingerprint density at radius 3 is 2.48 bits per heavy atom. The fraction of sp³-hybridized carbons (Fsp3) is 0.529. The average molecular weight is 320 g/mol.